The zero-order valence-corrected chi connectivity index (χ0v) is 22.0. The molecule has 2 amide bonds. The van der Waals surface area contributed by atoms with Crippen LogP contribution < -0.4 is 20.5 Å². The number of amides is 2. The molecule has 3 aliphatic carbocycles. The summed E-state index contributed by atoms with van der Waals surface area (Å²) in [5.41, 5.74) is 6.63. The van der Waals surface area contributed by atoms with Gasteiger partial charge in [-0.25, -0.2) is 4.79 Å². The van der Waals surface area contributed by atoms with E-state index in [1.54, 1.807) is 25.2 Å². The number of rotatable bonds is 7. The van der Waals surface area contributed by atoms with Gasteiger partial charge in [-0.1, -0.05) is 25.1 Å². The Balaban J connectivity index is 1.10. The Morgan fingerprint density at radius 2 is 1.97 bits per heavy atom. The van der Waals surface area contributed by atoms with E-state index in [0.717, 1.165) is 16.7 Å². The molecule has 206 valence electrons. The number of ketones is 1. The van der Waals surface area contributed by atoms with E-state index in [9.17, 15) is 24.6 Å². The van der Waals surface area contributed by atoms with Gasteiger partial charge in [0.25, 0.3) is 0 Å². The topological polar surface area (TPSA) is 151 Å². The molecule has 5 N–H and O–H groups in total. The second-order valence-electron chi connectivity index (χ2n) is 11.8. The van der Waals surface area contributed by atoms with Crippen LogP contribution in [0.25, 0.3) is 0 Å². The first-order valence-electron chi connectivity index (χ1n) is 13.3. The average molecular weight is 536 g/mol. The fourth-order valence-corrected chi connectivity index (χ4v) is 7.38. The summed E-state index contributed by atoms with van der Waals surface area (Å²) in [6.07, 6.45) is 0.812. The van der Waals surface area contributed by atoms with Crippen LogP contribution in [0.15, 0.2) is 36.4 Å². The van der Waals surface area contributed by atoms with Crippen LogP contribution in [-0.2, 0) is 26.8 Å². The van der Waals surface area contributed by atoms with Gasteiger partial charge < -0.3 is 35.6 Å². The van der Waals surface area contributed by atoms with Crippen molar-refractivity contribution in [2.24, 2.45) is 5.73 Å². The number of nitrogens with two attached hydrogens (primary N) is 1. The van der Waals surface area contributed by atoms with Gasteiger partial charge in [-0.15, -0.1) is 0 Å². The number of hydrogen-bond donors (Lipinski definition) is 4. The SMILES string of the molecule is CN(CCNC(=O)C(N)Cc1ccc(O)cc1)C(=O)Oc1ccc2c3c1O[C@H]1C(=O)CCC4(O)C[C@]2(C)CC314. The van der Waals surface area contributed by atoms with Gasteiger partial charge in [-0.05, 0) is 60.4 Å². The Bertz CT molecular complexity index is 1380. The molecule has 2 aromatic rings. The molecule has 1 spiro atoms. The number of likely N-dealkylation sites (N-methyl/N-ethyl adjacent to an activating group) is 1. The van der Waals surface area contributed by atoms with Crippen molar-refractivity contribution in [1.29, 1.82) is 0 Å². The van der Waals surface area contributed by atoms with Crippen molar-refractivity contribution in [2.45, 2.75) is 67.6 Å². The molecule has 2 aromatic carbocycles. The summed E-state index contributed by atoms with van der Waals surface area (Å²) >= 11 is 0. The van der Waals surface area contributed by atoms with Gasteiger partial charge >= 0.3 is 6.09 Å². The van der Waals surface area contributed by atoms with E-state index in [1.165, 1.54) is 17.0 Å². The Morgan fingerprint density at radius 1 is 1.23 bits per heavy atom. The monoisotopic (exact) mass is 535 g/mol. The summed E-state index contributed by atoms with van der Waals surface area (Å²) < 4.78 is 11.9. The number of benzene rings is 2. The number of nitrogens with one attached hydrogen (secondary N) is 1. The molecule has 2 saturated carbocycles. The van der Waals surface area contributed by atoms with Crippen LogP contribution in [0.3, 0.4) is 0 Å². The Morgan fingerprint density at radius 3 is 2.72 bits per heavy atom. The molecule has 39 heavy (non-hydrogen) atoms. The third-order valence-corrected chi connectivity index (χ3v) is 9.14. The highest BCUT2D eigenvalue weighted by molar-refractivity contribution is 5.91. The van der Waals surface area contributed by atoms with Crippen molar-refractivity contribution in [3.8, 4) is 17.2 Å². The summed E-state index contributed by atoms with van der Waals surface area (Å²) in [6.45, 7) is 2.48. The quantitative estimate of drug-likeness (QED) is 0.418. The highest BCUT2D eigenvalue weighted by Crippen LogP contribution is 2.74. The lowest BCUT2D eigenvalue weighted by Gasteiger charge is -2.46. The Labute approximate surface area is 226 Å². The van der Waals surface area contributed by atoms with E-state index in [2.05, 4.69) is 12.2 Å². The van der Waals surface area contributed by atoms with E-state index in [4.69, 9.17) is 15.2 Å². The molecule has 2 fully saturated rings. The second kappa shape index (κ2) is 8.69. The van der Waals surface area contributed by atoms with Crippen LogP contribution in [-0.4, -0.2) is 70.8 Å². The summed E-state index contributed by atoms with van der Waals surface area (Å²) in [5.74, 6) is 0.362. The molecule has 0 saturated heterocycles. The lowest BCUT2D eigenvalue weighted by atomic mass is 9.59. The first-order chi connectivity index (χ1) is 18.5. The zero-order valence-electron chi connectivity index (χ0n) is 22.0. The smallest absolute Gasteiger partial charge is 0.415 e. The van der Waals surface area contributed by atoms with Crippen molar-refractivity contribution in [2.75, 3.05) is 20.1 Å². The van der Waals surface area contributed by atoms with Crippen molar-refractivity contribution in [3.63, 3.8) is 0 Å². The minimum absolute atomic E-state index is 0.0262. The fourth-order valence-electron chi connectivity index (χ4n) is 7.38. The van der Waals surface area contributed by atoms with Crippen LogP contribution in [0.5, 0.6) is 17.2 Å². The maximum atomic E-state index is 12.9. The molecule has 0 radical (unpaired) electrons. The van der Waals surface area contributed by atoms with Crippen LogP contribution in [0.2, 0.25) is 0 Å². The molecule has 1 heterocycles. The van der Waals surface area contributed by atoms with Crippen molar-refractivity contribution < 1.29 is 34.1 Å². The summed E-state index contributed by atoms with van der Waals surface area (Å²) in [5, 5.41) is 23.8. The van der Waals surface area contributed by atoms with E-state index in [-0.39, 0.29) is 48.1 Å². The summed E-state index contributed by atoms with van der Waals surface area (Å²) in [7, 11) is 1.56. The number of carbonyl (C=O) groups excluding carboxylic acids is 3. The van der Waals surface area contributed by atoms with Gasteiger partial charge in [0.1, 0.15) is 5.75 Å². The van der Waals surface area contributed by atoms with Crippen LogP contribution in [0.1, 0.15) is 49.3 Å². The molecule has 3 unspecified atom stereocenters. The highest BCUT2D eigenvalue weighted by Gasteiger charge is 2.77. The van der Waals surface area contributed by atoms with E-state index in [0.29, 0.717) is 31.4 Å². The Kier molecular flexibility index (Phi) is 5.71. The molecule has 0 aromatic heterocycles. The van der Waals surface area contributed by atoms with Crippen molar-refractivity contribution in [1.82, 2.24) is 10.2 Å². The lowest BCUT2D eigenvalue weighted by molar-refractivity contribution is -0.145. The number of carbonyl (C=O) groups is 3. The molecule has 10 heteroatoms. The first kappa shape index (κ1) is 25.6. The molecule has 6 rings (SSSR count). The molecule has 10 nitrogen and oxygen atoms in total. The number of aliphatic hydroxyl groups is 1. The van der Waals surface area contributed by atoms with Gasteiger partial charge in [0.05, 0.1) is 17.1 Å². The number of phenolic OH excluding ortho intramolecular Hbond substituents is 1. The fraction of sp³-hybridized carbons (Fsp3) is 0.483. The maximum absolute atomic E-state index is 12.9. The van der Waals surface area contributed by atoms with Gasteiger partial charge in [-0.3, -0.25) is 9.59 Å². The van der Waals surface area contributed by atoms with Crippen LogP contribution >= 0.6 is 0 Å². The third-order valence-electron chi connectivity index (χ3n) is 9.14. The molecular weight excluding hydrogens is 502 g/mol. The molecule has 4 aliphatic rings. The minimum Gasteiger partial charge on any atom is -0.508 e. The number of hydrogen-bond acceptors (Lipinski definition) is 8. The predicted molar refractivity (Wildman–Crippen MR) is 140 cm³/mol. The number of ether oxygens (including phenoxy) is 2. The number of fused-ring (bicyclic) bond motifs is 2. The number of aromatic hydroxyl groups is 1. The Hall–Kier alpha value is -3.63. The van der Waals surface area contributed by atoms with E-state index < -0.39 is 29.3 Å². The van der Waals surface area contributed by atoms with Crippen LogP contribution in [0.4, 0.5) is 4.79 Å². The van der Waals surface area contributed by atoms with E-state index in [1.807, 2.05) is 6.07 Å². The zero-order chi connectivity index (χ0) is 27.7. The van der Waals surface area contributed by atoms with E-state index >= 15 is 0 Å². The first-order valence-corrected chi connectivity index (χ1v) is 13.3. The van der Waals surface area contributed by atoms with Gasteiger partial charge in [0, 0.05) is 32.1 Å². The highest BCUT2D eigenvalue weighted by atomic mass is 16.6. The molecule has 2 bridgehead atoms. The van der Waals surface area contributed by atoms with Crippen molar-refractivity contribution >= 4 is 17.8 Å². The maximum Gasteiger partial charge on any atom is 0.415 e. The summed E-state index contributed by atoms with van der Waals surface area (Å²) in [6, 6.07) is 9.34. The van der Waals surface area contributed by atoms with Gasteiger partial charge in [-0.2, -0.15) is 0 Å². The lowest BCUT2D eigenvalue weighted by Crippen LogP contribution is -2.60. The third kappa shape index (κ3) is 3.72. The average Bonchev–Trinajstić information content (AvgIpc) is 3.47. The molecule has 1 aliphatic heterocycles. The standard InChI is InChI=1S/C29H33N3O7/c1-27-14-28(37)10-9-20(34)24-29(28,15-27)22-18(27)7-8-21(23(22)39-24)38-26(36)32(2)12-11-31-25(35)19(30)13-16-3-5-17(33)6-4-16/h3-8,19,24,33,37H,9-15,30H2,1-2H3,(H,31,35)/t19?,24-,27+,28?,29?/m0/s1. The van der Waals surface area contributed by atoms with Gasteiger partial charge in [0.15, 0.2) is 23.4 Å². The largest absolute Gasteiger partial charge is 0.508 e. The minimum atomic E-state index is -1.01. The number of nitrogens with zero attached hydrogens (tertiary/aromatic N) is 1. The number of Topliss-reactive ketones (excluding diaryl/α,β-unsaturated/α-hetero) is 1. The van der Waals surface area contributed by atoms with Gasteiger partial charge in [0.2, 0.25) is 5.91 Å². The summed E-state index contributed by atoms with van der Waals surface area (Å²) in [4.78, 5) is 39.6. The normalized spacial score (nSPS) is 29.9. The predicted octanol–water partition coefficient (Wildman–Crippen LogP) is 1.67. The van der Waals surface area contributed by atoms with Crippen LogP contribution in [0, 0.1) is 0 Å². The molecular formula is C29H33N3O7. The molecule has 5 atom stereocenters. The second-order valence-corrected chi connectivity index (χ2v) is 11.8. The number of phenols is 1. The van der Waals surface area contributed by atoms with Crippen molar-refractivity contribution in [3.05, 3.63) is 53.1 Å².